The van der Waals surface area contributed by atoms with E-state index in [0.717, 1.165) is 25.1 Å². The molecular weight excluding hydrogens is 406 g/mol. The van der Waals surface area contributed by atoms with Crippen LogP contribution in [0, 0.1) is 6.92 Å². The molecule has 8 heteroatoms. The first-order valence-corrected chi connectivity index (χ1v) is 10.7. The van der Waals surface area contributed by atoms with Crippen LogP contribution < -0.4 is 5.32 Å². The highest BCUT2D eigenvalue weighted by Crippen LogP contribution is 2.45. The van der Waals surface area contributed by atoms with E-state index in [2.05, 4.69) is 37.8 Å². The van der Waals surface area contributed by atoms with E-state index in [-0.39, 0.29) is 17.4 Å². The lowest BCUT2D eigenvalue weighted by Gasteiger charge is -2.18. The highest BCUT2D eigenvalue weighted by Gasteiger charge is 2.27. The molecule has 2 aromatic carbocycles. The van der Waals surface area contributed by atoms with Gasteiger partial charge in [-0.05, 0) is 54.1 Å². The van der Waals surface area contributed by atoms with Crippen molar-refractivity contribution in [3.8, 4) is 45.5 Å². The Bertz CT molecular complexity index is 1310. The number of aryl methyl sites for hydroxylation is 1. The van der Waals surface area contributed by atoms with Gasteiger partial charge in [-0.1, -0.05) is 37.2 Å². The third kappa shape index (κ3) is 3.42. The maximum atomic E-state index is 10.7. The summed E-state index contributed by atoms with van der Waals surface area (Å²) in [6.07, 6.45) is 0.931. The molecule has 0 aliphatic carbocycles. The predicted molar refractivity (Wildman–Crippen MR) is 120 cm³/mol. The number of H-pyrrole nitrogens is 1. The molecule has 1 aliphatic rings. The first kappa shape index (κ1) is 20.3. The van der Waals surface area contributed by atoms with E-state index in [1.165, 1.54) is 17.2 Å². The molecule has 4 aromatic rings. The third-order valence-corrected chi connectivity index (χ3v) is 5.89. The van der Waals surface area contributed by atoms with Crippen molar-refractivity contribution >= 4 is 0 Å². The number of phenols is 2. The van der Waals surface area contributed by atoms with Crippen molar-refractivity contribution in [2.75, 3.05) is 6.54 Å². The van der Waals surface area contributed by atoms with E-state index in [1.54, 1.807) is 6.07 Å². The van der Waals surface area contributed by atoms with Gasteiger partial charge in [0.2, 0.25) is 5.82 Å². The zero-order chi connectivity index (χ0) is 22.4. The predicted octanol–water partition coefficient (Wildman–Crippen LogP) is 4.28. The minimum atomic E-state index is -0.0795. The number of aromatic nitrogens is 4. The summed E-state index contributed by atoms with van der Waals surface area (Å²) < 4.78 is 5.80. The summed E-state index contributed by atoms with van der Waals surface area (Å²) in [4.78, 5) is 4.44. The second-order valence-corrected chi connectivity index (χ2v) is 8.47. The molecule has 0 saturated carbocycles. The summed E-state index contributed by atoms with van der Waals surface area (Å²) in [6.45, 7) is 7.56. The van der Waals surface area contributed by atoms with Crippen molar-refractivity contribution in [2.45, 2.75) is 39.7 Å². The summed E-state index contributed by atoms with van der Waals surface area (Å²) in [6, 6.07) is 9.40. The molecule has 32 heavy (non-hydrogen) atoms. The lowest BCUT2D eigenvalue weighted by molar-refractivity contribution is 0.424. The maximum absolute atomic E-state index is 10.7. The number of nitrogens with one attached hydrogen (secondary N) is 2. The number of hydrogen-bond donors (Lipinski definition) is 4. The molecule has 3 heterocycles. The van der Waals surface area contributed by atoms with E-state index < -0.39 is 0 Å². The number of phenolic OH excluding ortho intramolecular Hbond substituents is 2. The number of hydrogen-bond acceptors (Lipinski definition) is 7. The smallest absolute Gasteiger partial charge is 0.204 e. The van der Waals surface area contributed by atoms with Crippen molar-refractivity contribution < 1.29 is 14.7 Å². The molecule has 0 atom stereocenters. The summed E-state index contributed by atoms with van der Waals surface area (Å²) in [5, 5.41) is 35.8. The van der Waals surface area contributed by atoms with E-state index in [4.69, 9.17) is 4.52 Å². The molecule has 8 nitrogen and oxygen atoms in total. The molecule has 164 valence electrons. The Balaban J connectivity index is 1.75. The van der Waals surface area contributed by atoms with Gasteiger partial charge in [-0.15, -0.1) is 0 Å². The van der Waals surface area contributed by atoms with Gasteiger partial charge in [0.15, 0.2) is 11.5 Å². The topological polar surface area (TPSA) is 120 Å². The zero-order valence-electron chi connectivity index (χ0n) is 18.2. The van der Waals surface area contributed by atoms with Gasteiger partial charge in [-0.2, -0.15) is 5.10 Å². The van der Waals surface area contributed by atoms with Crippen LogP contribution in [0.15, 0.2) is 34.9 Å². The fourth-order valence-corrected chi connectivity index (χ4v) is 4.21. The monoisotopic (exact) mass is 431 g/mol. The zero-order valence-corrected chi connectivity index (χ0v) is 18.2. The number of nitrogens with zero attached hydrogens (tertiary/aromatic N) is 3. The van der Waals surface area contributed by atoms with Crippen LogP contribution in [-0.2, 0) is 13.0 Å². The minimum Gasteiger partial charge on any atom is -0.508 e. The molecule has 2 aromatic heterocycles. The number of benzene rings is 2. The summed E-state index contributed by atoms with van der Waals surface area (Å²) in [5.41, 5.74) is 5.83. The third-order valence-electron chi connectivity index (χ3n) is 5.89. The molecule has 1 aliphatic heterocycles. The van der Waals surface area contributed by atoms with Crippen LogP contribution in [0.1, 0.15) is 42.3 Å². The standard InChI is InChI=1S/C24H25N5O3/c1-12(2)17-9-18(20(31)10-19(17)30)23-21(22(29-32-23)24-26-13(3)27-28-24)15-4-5-16-11-25-7-6-14(16)8-15/h4-5,8-10,12,25,30-31H,6-7,11H2,1-3H3,(H,26,27,28). The molecule has 0 radical (unpaired) electrons. The van der Waals surface area contributed by atoms with Crippen molar-refractivity contribution in [1.29, 1.82) is 0 Å². The van der Waals surface area contributed by atoms with Gasteiger partial charge in [0.1, 0.15) is 17.3 Å². The molecule has 0 fully saturated rings. The number of aromatic amines is 1. The van der Waals surface area contributed by atoms with Gasteiger partial charge in [0, 0.05) is 12.6 Å². The largest absolute Gasteiger partial charge is 0.508 e. The van der Waals surface area contributed by atoms with Gasteiger partial charge >= 0.3 is 0 Å². The SMILES string of the molecule is Cc1nc(-c2noc(-c3cc(C(C)C)c(O)cc3O)c2-c2ccc3c(c2)CCNC3)n[nH]1. The van der Waals surface area contributed by atoms with Gasteiger partial charge in [-0.25, -0.2) is 4.98 Å². The minimum absolute atomic E-state index is 0.0495. The van der Waals surface area contributed by atoms with E-state index in [1.807, 2.05) is 26.8 Å². The highest BCUT2D eigenvalue weighted by atomic mass is 16.5. The van der Waals surface area contributed by atoms with Crippen LogP contribution in [-0.4, -0.2) is 37.1 Å². The summed E-state index contributed by atoms with van der Waals surface area (Å²) in [5.74, 6) is 1.54. The van der Waals surface area contributed by atoms with Gasteiger partial charge in [0.05, 0.1) is 11.1 Å². The second kappa shape index (κ2) is 7.80. The Kier molecular flexibility index (Phi) is 4.94. The number of rotatable bonds is 4. The second-order valence-electron chi connectivity index (χ2n) is 8.47. The van der Waals surface area contributed by atoms with Crippen molar-refractivity contribution in [2.24, 2.45) is 0 Å². The molecule has 0 bridgehead atoms. The van der Waals surface area contributed by atoms with Gasteiger partial charge < -0.3 is 20.1 Å². The lowest BCUT2D eigenvalue weighted by atomic mass is 9.91. The van der Waals surface area contributed by atoms with Crippen molar-refractivity contribution in [1.82, 2.24) is 25.7 Å². The molecule has 0 unspecified atom stereocenters. The molecule has 0 saturated heterocycles. The first-order valence-electron chi connectivity index (χ1n) is 10.7. The quantitative estimate of drug-likeness (QED) is 0.381. The molecule has 0 spiro atoms. The Labute approximate surface area is 185 Å². The van der Waals surface area contributed by atoms with Crippen LogP contribution in [0.25, 0.3) is 34.0 Å². The summed E-state index contributed by atoms with van der Waals surface area (Å²) >= 11 is 0. The summed E-state index contributed by atoms with van der Waals surface area (Å²) in [7, 11) is 0. The fraction of sp³-hybridized carbons (Fsp3) is 0.292. The normalized spacial score (nSPS) is 13.5. The lowest BCUT2D eigenvalue weighted by Crippen LogP contribution is -2.23. The van der Waals surface area contributed by atoms with E-state index in [9.17, 15) is 10.2 Å². The Hall–Kier alpha value is -3.65. The fourth-order valence-electron chi connectivity index (χ4n) is 4.21. The Morgan fingerprint density at radius 1 is 1.06 bits per heavy atom. The Morgan fingerprint density at radius 3 is 2.66 bits per heavy atom. The van der Waals surface area contributed by atoms with Gasteiger partial charge in [-0.3, -0.25) is 5.10 Å². The Morgan fingerprint density at radius 2 is 1.91 bits per heavy atom. The molecule has 4 N–H and O–H groups in total. The average molecular weight is 431 g/mol. The molecule has 5 rings (SSSR count). The van der Waals surface area contributed by atoms with E-state index in [0.29, 0.717) is 39.8 Å². The van der Waals surface area contributed by atoms with Gasteiger partial charge in [0.25, 0.3) is 0 Å². The van der Waals surface area contributed by atoms with Crippen molar-refractivity contribution in [3.63, 3.8) is 0 Å². The van der Waals surface area contributed by atoms with Crippen LogP contribution in [0.4, 0.5) is 0 Å². The van der Waals surface area contributed by atoms with Crippen LogP contribution in [0.2, 0.25) is 0 Å². The number of fused-ring (bicyclic) bond motifs is 1. The van der Waals surface area contributed by atoms with Crippen molar-refractivity contribution in [3.05, 3.63) is 52.8 Å². The maximum Gasteiger partial charge on any atom is 0.204 e. The first-order chi connectivity index (χ1) is 15.4. The average Bonchev–Trinajstić information content (AvgIpc) is 3.39. The molecule has 0 amide bonds. The molecular formula is C24H25N5O3. The highest BCUT2D eigenvalue weighted by molar-refractivity contribution is 5.91. The van der Waals surface area contributed by atoms with Crippen LogP contribution in [0.5, 0.6) is 11.5 Å². The van der Waals surface area contributed by atoms with E-state index >= 15 is 0 Å². The van der Waals surface area contributed by atoms with Crippen LogP contribution in [0.3, 0.4) is 0 Å². The van der Waals surface area contributed by atoms with Crippen LogP contribution >= 0.6 is 0 Å². The number of aromatic hydroxyl groups is 2.